The zero-order valence-corrected chi connectivity index (χ0v) is 16.4. The van der Waals surface area contributed by atoms with E-state index in [0.29, 0.717) is 23.7 Å². The highest BCUT2D eigenvalue weighted by molar-refractivity contribution is 5.76. The van der Waals surface area contributed by atoms with Crippen molar-refractivity contribution in [3.05, 3.63) is 76.2 Å². The number of hydrogen-bond donors (Lipinski definition) is 2. The van der Waals surface area contributed by atoms with Gasteiger partial charge >= 0.3 is 0 Å². The maximum Gasteiger partial charge on any atom is 0.273 e. The van der Waals surface area contributed by atoms with E-state index in [-0.39, 0.29) is 30.0 Å². The van der Waals surface area contributed by atoms with Crippen molar-refractivity contribution in [1.29, 1.82) is 0 Å². The van der Waals surface area contributed by atoms with Crippen molar-refractivity contribution in [2.24, 2.45) is 0 Å². The van der Waals surface area contributed by atoms with Gasteiger partial charge in [-0.05, 0) is 30.5 Å². The molecule has 3 aromatic rings. The molecule has 0 radical (unpaired) electrons. The van der Waals surface area contributed by atoms with Crippen LogP contribution in [0.3, 0.4) is 0 Å². The van der Waals surface area contributed by atoms with Gasteiger partial charge in [0.2, 0.25) is 5.91 Å². The number of aromatic amines is 1. The number of H-pyrrole nitrogens is 1. The van der Waals surface area contributed by atoms with Gasteiger partial charge in [-0.1, -0.05) is 42.5 Å². The van der Waals surface area contributed by atoms with Crippen LogP contribution in [0.2, 0.25) is 0 Å². The van der Waals surface area contributed by atoms with E-state index >= 15 is 0 Å². The van der Waals surface area contributed by atoms with Gasteiger partial charge in [-0.15, -0.1) is 10.2 Å². The molecule has 0 aliphatic rings. The predicted octanol–water partition coefficient (Wildman–Crippen LogP) is 2.52. The second kappa shape index (κ2) is 10.2. The average molecular weight is 392 g/mol. The van der Waals surface area contributed by atoms with E-state index < -0.39 is 0 Å². The lowest BCUT2D eigenvalue weighted by Crippen LogP contribution is -2.26. The highest BCUT2D eigenvalue weighted by atomic mass is 16.5. The molecule has 3 rings (SSSR count). The number of rotatable bonds is 9. The van der Waals surface area contributed by atoms with Gasteiger partial charge in [0.15, 0.2) is 5.82 Å². The number of carbonyl (C=O) groups excluding carboxylic acids is 1. The van der Waals surface area contributed by atoms with E-state index in [1.54, 1.807) is 13.2 Å². The van der Waals surface area contributed by atoms with Crippen molar-refractivity contribution in [3.63, 3.8) is 0 Å². The van der Waals surface area contributed by atoms with Crippen LogP contribution in [0.4, 0.5) is 0 Å². The van der Waals surface area contributed by atoms with Gasteiger partial charge in [0.1, 0.15) is 11.4 Å². The standard InChI is InChI=1S/C22H24N4O3/c1-29-18-11-5-10-17(15-18)21-24-22(28)19(25-26-21)12-13-20(27)23-14-6-9-16-7-3-2-4-8-16/h2-5,7-8,10-11,15H,6,9,12-14H2,1H3,(H,23,27)(H,24,26,28). The third-order valence-electron chi connectivity index (χ3n) is 4.50. The number of aryl methyl sites for hydroxylation is 2. The molecule has 0 atom stereocenters. The highest BCUT2D eigenvalue weighted by Crippen LogP contribution is 2.19. The van der Waals surface area contributed by atoms with Gasteiger partial charge in [0.25, 0.3) is 5.56 Å². The molecule has 7 heteroatoms. The number of ether oxygens (including phenoxy) is 1. The minimum absolute atomic E-state index is 0.101. The van der Waals surface area contributed by atoms with Crippen LogP contribution in [-0.2, 0) is 17.6 Å². The SMILES string of the molecule is COc1cccc(-c2nnc(CCC(=O)NCCCc3ccccc3)c(=O)[nH]2)c1. The smallest absolute Gasteiger partial charge is 0.273 e. The summed E-state index contributed by atoms with van der Waals surface area (Å²) in [4.78, 5) is 27.0. The van der Waals surface area contributed by atoms with Crippen molar-refractivity contribution >= 4 is 5.91 Å². The normalized spacial score (nSPS) is 10.5. The van der Waals surface area contributed by atoms with Crippen LogP contribution in [0, 0.1) is 0 Å². The van der Waals surface area contributed by atoms with E-state index in [1.807, 2.05) is 36.4 Å². The van der Waals surface area contributed by atoms with Crippen molar-refractivity contribution < 1.29 is 9.53 Å². The number of methoxy groups -OCH3 is 1. The summed E-state index contributed by atoms with van der Waals surface area (Å²) in [5.41, 5.74) is 1.86. The van der Waals surface area contributed by atoms with Crippen molar-refractivity contribution in [3.8, 4) is 17.1 Å². The fraction of sp³-hybridized carbons (Fsp3) is 0.273. The van der Waals surface area contributed by atoms with Gasteiger partial charge in [0, 0.05) is 24.9 Å². The Hall–Kier alpha value is -3.48. The average Bonchev–Trinajstić information content (AvgIpc) is 2.76. The molecule has 2 N–H and O–H groups in total. The summed E-state index contributed by atoms with van der Waals surface area (Å²) in [5, 5.41) is 11.0. The lowest BCUT2D eigenvalue weighted by molar-refractivity contribution is -0.121. The van der Waals surface area contributed by atoms with E-state index in [0.717, 1.165) is 12.8 Å². The molecule has 0 saturated heterocycles. The van der Waals surface area contributed by atoms with E-state index in [9.17, 15) is 9.59 Å². The van der Waals surface area contributed by atoms with E-state index in [2.05, 4.69) is 32.6 Å². The molecular formula is C22H24N4O3. The number of benzene rings is 2. The predicted molar refractivity (Wildman–Crippen MR) is 111 cm³/mol. The van der Waals surface area contributed by atoms with Gasteiger partial charge in [-0.2, -0.15) is 0 Å². The molecule has 29 heavy (non-hydrogen) atoms. The molecule has 1 heterocycles. The van der Waals surface area contributed by atoms with Gasteiger partial charge in [0.05, 0.1) is 7.11 Å². The van der Waals surface area contributed by atoms with Crippen molar-refractivity contribution in [2.45, 2.75) is 25.7 Å². The van der Waals surface area contributed by atoms with E-state index in [4.69, 9.17) is 4.74 Å². The van der Waals surface area contributed by atoms with Crippen molar-refractivity contribution in [1.82, 2.24) is 20.5 Å². The van der Waals surface area contributed by atoms with Crippen molar-refractivity contribution in [2.75, 3.05) is 13.7 Å². The summed E-state index contributed by atoms with van der Waals surface area (Å²) in [6.07, 6.45) is 2.22. The lowest BCUT2D eigenvalue weighted by Gasteiger charge is -2.06. The van der Waals surface area contributed by atoms with Crippen LogP contribution in [0.25, 0.3) is 11.4 Å². The molecule has 0 aliphatic carbocycles. The fourth-order valence-corrected chi connectivity index (χ4v) is 2.91. The summed E-state index contributed by atoms with van der Waals surface area (Å²) in [7, 11) is 1.57. The third-order valence-corrected chi connectivity index (χ3v) is 4.50. The maximum absolute atomic E-state index is 12.3. The molecule has 150 valence electrons. The summed E-state index contributed by atoms with van der Waals surface area (Å²) >= 11 is 0. The minimum atomic E-state index is -0.338. The Labute approximate surface area is 169 Å². The largest absolute Gasteiger partial charge is 0.497 e. The molecule has 0 spiro atoms. The first-order chi connectivity index (χ1) is 14.2. The van der Waals surface area contributed by atoms with Gasteiger partial charge in [-0.25, -0.2) is 0 Å². The second-order valence-electron chi connectivity index (χ2n) is 6.62. The Balaban J connectivity index is 1.47. The number of hydrogen-bond acceptors (Lipinski definition) is 5. The Morgan fingerprint density at radius 1 is 1.07 bits per heavy atom. The number of aromatic nitrogens is 3. The Kier molecular flexibility index (Phi) is 7.10. The van der Waals surface area contributed by atoms with Gasteiger partial charge in [-0.3, -0.25) is 9.59 Å². The first kappa shape index (κ1) is 20.3. The lowest BCUT2D eigenvalue weighted by atomic mass is 10.1. The van der Waals surface area contributed by atoms with Gasteiger partial charge < -0.3 is 15.0 Å². The topological polar surface area (TPSA) is 97.0 Å². The Morgan fingerprint density at radius 3 is 2.66 bits per heavy atom. The fourth-order valence-electron chi connectivity index (χ4n) is 2.91. The number of nitrogens with one attached hydrogen (secondary N) is 2. The zero-order chi connectivity index (χ0) is 20.5. The molecule has 0 fully saturated rings. The third kappa shape index (κ3) is 6.00. The number of amides is 1. The molecule has 1 amide bonds. The molecular weight excluding hydrogens is 368 g/mol. The molecule has 2 aromatic carbocycles. The summed E-state index contributed by atoms with van der Waals surface area (Å²) in [5.74, 6) is 0.928. The number of nitrogens with zero attached hydrogens (tertiary/aromatic N) is 2. The van der Waals surface area contributed by atoms with Crippen LogP contribution < -0.4 is 15.6 Å². The quantitative estimate of drug-likeness (QED) is 0.546. The van der Waals surface area contributed by atoms with Crippen LogP contribution in [0.1, 0.15) is 24.1 Å². The summed E-state index contributed by atoms with van der Waals surface area (Å²) in [6.45, 7) is 0.602. The highest BCUT2D eigenvalue weighted by Gasteiger charge is 2.10. The Bertz CT molecular complexity index is 1000. The second-order valence-corrected chi connectivity index (χ2v) is 6.62. The Morgan fingerprint density at radius 2 is 1.90 bits per heavy atom. The molecule has 7 nitrogen and oxygen atoms in total. The first-order valence-corrected chi connectivity index (χ1v) is 9.56. The zero-order valence-electron chi connectivity index (χ0n) is 16.4. The maximum atomic E-state index is 12.3. The molecule has 0 saturated carbocycles. The molecule has 0 aliphatic heterocycles. The summed E-state index contributed by atoms with van der Waals surface area (Å²) in [6, 6.07) is 17.3. The van der Waals surface area contributed by atoms with Crippen LogP contribution in [0.15, 0.2) is 59.4 Å². The monoisotopic (exact) mass is 392 g/mol. The van der Waals surface area contributed by atoms with Crippen LogP contribution >= 0.6 is 0 Å². The molecule has 0 bridgehead atoms. The first-order valence-electron chi connectivity index (χ1n) is 9.56. The number of carbonyl (C=O) groups is 1. The minimum Gasteiger partial charge on any atom is -0.497 e. The van der Waals surface area contributed by atoms with Crippen LogP contribution in [-0.4, -0.2) is 34.7 Å². The summed E-state index contributed by atoms with van der Waals surface area (Å²) < 4.78 is 5.18. The van der Waals surface area contributed by atoms with Crippen LogP contribution in [0.5, 0.6) is 5.75 Å². The van der Waals surface area contributed by atoms with E-state index in [1.165, 1.54) is 5.56 Å². The molecule has 1 aromatic heterocycles. The molecule has 0 unspecified atom stereocenters.